The van der Waals surface area contributed by atoms with Crippen LogP contribution >= 0.6 is 23.1 Å². The van der Waals surface area contributed by atoms with Crippen molar-refractivity contribution in [1.29, 1.82) is 0 Å². The molecule has 0 aliphatic rings. The molecule has 3 rings (SSSR count). The van der Waals surface area contributed by atoms with Crippen molar-refractivity contribution in [2.45, 2.75) is 17.7 Å². The van der Waals surface area contributed by atoms with Crippen LogP contribution in [0.4, 0.5) is 0 Å². The molecular formula is C11H9N3OS2. The van der Waals surface area contributed by atoms with Gasteiger partial charge >= 0.3 is 0 Å². The average Bonchev–Trinajstić information content (AvgIpc) is 2.94. The highest BCUT2D eigenvalue weighted by molar-refractivity contribution is 7.98. The molecule has 0 fully saturated rings. The maximum atomic E-state index is 5.17. The zero-order chi connectivity index (χ0) is 11.7. The fourth-order valence-electron chi connectivity index (χ4n) is 1.49. The summed E-state index contributed by atoms with van der Waals surface area (Å²) in [6.07, 6.45) is 1.60. The van der Waals surface area contributed by atoms with E-state index in [0.29, 0.717) is 0 Å². The highest BCUT2D eigenvalue weighted by Crippen LogP contribution is 2.30. The van der Waals surface area contributed by atoms with Gasteiger partial charge in [0.1, 0.15) is 17.1 Å². The van der Waals surface area contributed by atoms with Gasteiger partial charge in [-0.05, 0) is 18.4 Å². The predicted octanol–water partition coefficient (Wildman–Crippen LogP) is 3.28. The molecule has 6 heteroatoms. The van der Waals surface area contributed by atoms with E-state index in [4.69, 9.17) is 4.52 Å². The third-order valence-corrected chi connectivity index (χ3v) is 4.29. The molecule has 4 nitrogen and oxygen atoms in total. The lowest BCUT2D eigenvalue weighted by molar-refractivity contribution is 0.391. The summed E-state index contributed by atoms with van der Waals surface area (Å²) < 4.78 is 6.30. The second-order valence-electron chi connectivity index (χ2n) is 3.54. The Bertz CT molecular complexity index is 647. The van der Waals surface area contributed by atoms with Crippen LogP contribution in [0.5, 0.6) is 0 Å². The van der Waals surface area contributed by atoms with E-state index >= 15 is 0 Å². The Kier molecular flexibility index (Phi) is 2.82. The number of aryl methyl sites for hydroxylation is 1. The number of fused-ring (bicyclic) bond motifs is 1. The lowest BCUT2D eigenvalue weighted by Gasteiger charge is -1.98. The number of rotatable bonds is 3. The molecule has 0 N–H and O–H groups in total. The second-order valence-corrected chi connectivity index (χ2v) is 5.42. The Morgan fingerprint density at radius 1 is 1.41 bits per heavy atom. The minimum absolute atomic E-state index is 0.741. The number of hydrogen-bond acceptors (Lipinski definition) is 6. The Hall–Kier alpha value is -1.40. The molecule has 0 atom stereocenters. The zero-order valence-electron chi connectivity index (χ0n) is 9.08. The summed E-state index contributed by atoms with van der Waals surface area (Å²) in [6, 6.07) is 3.95. The van der Waals surface area contributed by atoms with Crippen molar-refractivity contribution in [1.82, 2.24) is 15.1 Å². The monoisotopic (exact) mass is 263 g/mol. The van der Waals surface area contributed by atoms with Crippen LogP contribution in [0.3, 0.4) is 0 Å². The predicted molar refractivity (Wildman–Crippen MR) is 68.2 cm³/mol. The van der Waals surface area contributed by atoms with E-state index < -0.39 is 0 Å². The molecule has 0 aliphatic carbocycles. The third-order valence-electron chi connectivity index (χ3n) is 2.24. The van der Waals surface area contributed by atoms with Crippen molar-refractivity contribution in [3.63, 3.8) is 0 Å². The SMILES string of the molecule is Cc1cc(CSc2ncnc3ccsc23)on1. The summed E-state index contributed by atoms with van der Waals surface area (Å²) in [7, 11) is 0. The Balaban J connectivity index is 1.83. The molecular weight excluding hydrogens is 254 g/mol. The molecule has 0 spiro atoms. The van der Waals surface area contributed by atoms with Crippen molar-refractivity contribution < 1.29 is 4.52 Å². The van der Waals surface area contributed by atoms with Gasteiger partial charge in [-0.15, -0.1) is 11.3 Å². The van der Waals surface area contributed by atoms with E-state index in [1.807, 2.05) is 24.4 Å². The number of hydrogen-bond donors (Lipinski definition) is 0. The van der Waals surface area contributed by atoms with Gasteiger partial charge < -0.3 is 4.52 Å². The molecule has 3 aromatic rings. The van der Waals surface area contributed by atoms with Crippen LogP contribution < -0.4 is 0 Å². The first-order valence-electron chi connectivity index (χ1n) is 5.06. The molecule has 0 aromatic carbocycles. The van der Waals surface area contributed by atoms with E-state index in [1.54, 1.807) is 29.4 Å². The summed E-state index contributed by atoms with van der Waals surface area (Å²) in [5, 5.41) is 6.89. The Labute approximate surface area is 106 Å². The number of nitrogens with zero attached hydrogens (tertiary/aromatic N) is 3. The maximum Gasteiger partial charge on any atom is 0.147 e. The first kappa shape index (κ1) is 10.7. The van der Waals surface area contributed by atoms with E-state index in [-0.39, 0.29) is 0 Å². The largest absolute Gasteiger partial charge is 0.360 e. The van der Waals surface area contributed by atoms with Crippen molar-refractivity contribution in [3.05, 3.63) is 35.3 Å². The fraction of sp³-hybridized carbons (Fsp3) is 0.182. The van der Waals surface area contributed by atoms with E-state index in [2.05, 4.69) is 15.1 Å². The maximum absolute atomic E-state index is 5.17. The van der Waals surface area contributed by atoms with Crippen LogP contribution in [0.15, 0.2) is 33.4 Å². The van der Waals surface area contributed by atoms with Crippen LogP contribution in [-0.4, -0.2) is 15.1 Å². The van der Waals surface area contributed by atoms with E-state index in [1.165, 1.54) is 0 Å². The second kappa shape index (κ2) is 4.46. The van der Waals surface area contributed by atoms with Gasteiger partial charge in [0.2, 0.25) is 0 Å². The lowest BCUT2D eigenvalue weighted by atomic mass is 10.4. The number of thioether (sulfide) groups is 1. The molecule has 0 saturated heterocycles. The molecule has 3 heterocycles. The standard InChI is InChI=1S/C11H9N3OS2/c1-7-4-8(15-14-7)5-17-11-10-9(2-3-16-10)12-6-13-11/h2-4,6H,5H2,1H3. The van der Waals surface area contributed by atoms with Gasteiger partial charge in [0, 0.05) is 6.07 Å². The summed E-state index contributed by atoms with van der Waals surface area (Å²) in [4.78, 5) is 8.51. The highest BCUT2D eigenvalue weighted by Gasteiger charge is 2.07. The van der Waals surface area contributed by atoms with Gasteiger partial charge in [-0.25, -0.2) is 9.97 Å². The fourth-order valence-corrected chi connectivity index (χ4v) is 3.31. The van der Waals surface area contributed by atoms with Crippen molar-refractivity contribution >= 4 is 33.3 Å². The summed E-state index contributed by atoms with van der Waals surface area (Å²) in [5.74, 6) is 1.61. The number of aromatic nitrogens is 3. The highest BCUT2D eigenvalue weighted by atomic mass is 32.2. The van der Waals surface area contributed by atoms with Gasteiger partial charge in [-0.2, -0.15) is 0 Å². The van der Waals surface area contributed by atoms with Gasteiger partial charge in [0.05, 0.1) is 21.7 Å². The van der Waals surface area contributed by atoms with Crippen LogP contribution in [0.25, 0.3) is 10.2 Å². The van der Waals surface area contributed by atoms with Crippen molar-refractivity contribution in [2.24, 2.45) is 0 Å². The number of thiophene rings is 1. The topological polar surface area (TPSA) is 51.8 Å². The summed E-state index contributed by atoms with van der Waals surface area (Å²) in [6.45, 7) is 1.92. The van der Waals surface area contributed by atoms with Gasteiger partial charge in [-0.1, -0.05) is 16.9 Å². The zero-order valence-corrected chi connectivity index (χ0v) is 10.7. The van der Waals surface area contributed by atoms with E-state index in [9.17, 15) is 0 Å². The minimum atomic E-state index is 0.741. The Morgan fingerprint density at radius 2 is 2.35 bits per heavy atom. The third kappa shape index (κ3) is 2.18. The van der Waals surface area contributed by atoms with Crippen LogP contribution in [0, 0.1) is 6.92 Å². The summed E-state index contributed by atoms with van der Waals surface area (Å²) >= 11 is 3.31. The van der Waals surface area contributed by atoms with Crippen LogP contribution in [0.1, 0.15) is 11.5 Å². The molecule has 3 aromatic heterocycles. The van der Waals surface area contributed by atoms with Crippen molar-refractivity contribution in [3.8, 4) is 0 Å². The minimum Gasteiger partial charge on any atom is -0.360 e. The quantitative estimate of drug-likeness (QED) is 0.536. The molecule has 0 radical (unpaired) electrons. The smallest absolute Gasteiger partial charge is 0.147 e. The van der Waals surface area contributed by atoms with E-state index in [0.717, 1.165) is 32.4 Å². The first-order chi connectivity index (χ1) is 8.33. The Morgan fingerprint density at radius 3 is 3.18 bits per heavy atom. The molecule has 0 aliphatic heterocycles. The average molecular weight is 263 g/mol. The van der Waals surface area contributed by atoms with Crippen LogP contribution in [-0.2, 0) is 5.75 Å². The van der Waals surface area contributed by atoms with Gasteiger partial charge in [0.15, 0.2) is 0 Å². The van der Waals surface area contributed by atoms with Crippen molar-refractivity contribution in [2.75, 3.05) is 0 Å². The first-order valence-corrected chi connectivity index (χ1v) is 6.92. The van der Waals surface area contributed by atoms with Crippen LogP contribution in [0.2, 0.25) is 0 Å². The molecule has 0 saturated carbocycles. The lowest BCUT2D eigenvalue weighted by Crippen LogP contribution is -1.83. The summed E-state index contributed by atoms with van der Waals surface area (Å²) in [5.41, 5.74) is 1.91. The normalized spacial score (nSPS) is 11.1. The molecule has 86 valence electrons. The van der Waals surface area contributed by atoms with Gasteiger partial charge in [-0.3, -0.25) is 0 Å². The molecule has 17 heavy (non-hydrogen) atoms. The molecule has 0 unspecified atom stereocenters. The van der Waals surface area contributed by atoms with Gasteiger partial charge in [0.25, 0.3) is 0 Å². The molecule has 0 bridgehead atoms. The molecule has 0 amide bonds.